The van der Waals surface area contributed by atoms with Gasteiger partial charge in [-0.2, -0.15) is 0 Å². The Morgan fingerprint density at radius 1 is 1.20 bits per heavy atom. The van der Waals surface area contributed by atoms with E-state index in [1.807, 2.05) is 18.3 Å². The Bertz CT molecular complexity index is 560. The van der Waals surface area contributed by atoms with E-state index in [4.69, 9.17) is 5.73 Å². The molecule has 1 atom stereocenters. The summed E-state index contributed by atoms with van der Waals surface area (Å²) < 4.78 is 0. The molecule has 0 aromatic carbocycles. The number of aryl methyl sites for hydroxylation is 2. The van der Waals surface area contributed by atoms with Gasteiger partial charge in [0.2, 0.25) is 0 Å². The van der Waals surface area contributed by atoms with Crippen LogP contribution in [-0.2, 0) is 6.42 Å². The molecule has 2 rings (SSSR count). The molecule has 0 aliphatic carbocycles. The lowest BCUT2D eigenvalue weighted by molar-refractivity contribution is 0.606. The van der Waals surface area contributed by atoms with Crippen molar-refractivity contribution < 1.29 is 0 Å². The summed E-state index contributed by atoms with van der Waals surface area (Å²) >= 11 is 0. The Labute approximate surface area is 120 Å². The minimum Gasteiger partial charge on any atom is -0.383 e. The highest BCUT2D eigenvalue weighted by Crippen LogP contribution is 2.29. The fourth-order valence-corrected chi connectivity index (χ4v) is 2.52. The van der Waals surface area contributed by atoms with Gasteiger partial charge in [0, 0.05) is 18.0 Å². The molecular formula is C16H22N4. The van der Waals surface area contributed by atoms with E-state index in [2.05, 4.69) is 42.1 Å². The molecule has 2 aromatic heterocycles. The Morgan fingerprint density at radius 2 is 2.00 bits per heavy atom. The molecule has 0 aliphatic rings. The summed E-state index contributed by atoms with van der Waals surface area (Å²) in [5, 5.41) is 3.49. The Balaban J connectivity index is 2.56. The van der Waals surface area contributed by atoms with E-state index < -0.39 is 0 Å². The van der Waals surface area contributed by atoms with Crippen molar-refractivity contribution in [3.05, 3.63) is 53.0 Å². The smallest absolute Gasteiger partial charge is 0.128 e. The first-order valence-electron chi connectivity index (χ1n) is 7.07. The van der Waals surface area contributed by atoms with Gasteiger partial charge in [-0.25, -0.2) is 4.98 Å². The van der Waals surface area contributed by atoms with Gasteiger partial charge in [0.15, 0.2) is 0 Å². The zero-order chi connectivity index (χ0) is 14.5. The molecule has 106 valence electrons. The van der Waals surface area contributed by atoms with E-state index in [0.717, 1.165) is 29.8 Å². The lowest BCUT2D eigenvalue weighted by atomic mass is 9.95. The van der Waals surface area contributed by atoms with Gasteiger partial charge in [-0.3, -0.25) is 4.98 Å². The molecule has 0 aliphatic heterocycles. The van der Waals surface area contributed by atoms with E-state index in [1.165, 1.54) is 5.56 Å². The van der Waals surface area contributed by atoms with Crippen molar-refractivity contribution in [3.63, 3.8) is 0 Å². The maximum absolute atomic E-state index is 6.10. The van der Waals surface area contributed by atoms with Crippen molar-refractivity contribution in [2.75, 3.05) is 12.3 Å². The minimum atomic E-state index is -0.00940. The molecule has 0 radical (unpaired) electrons. The molecule has 0 saturated carbocycles. The highest BCUT2D eigenvalue weighted by molar-refractivity contribution is 5.49. The Kier molecular flexibility index (Phi) is 4.69. The number of hydrogen-bond acceptors (Lipinski definition) is 4. The average Bonchev–Trinajstić information content (AvgIpc) is 2.46. The van der Waals surface area contributed by atoms with Gasteiger partial charge in [0.1, 0.15) is 5.82 Å². The number of rotatable bonds is 5. The quantitative estimate of drug-likeness (QED) is 0.876. The summed E-state index contributed by atoms with van der Waals surface area (Å²) in [6.45, 7) is 7.14. The average molecular weight is 270 g/mol. The van der Waals surface area contributed by atoms with E-state index in [1.54, 1.807) is 6.20 Å². The molecule has 0 amide bonds. The number of nitrogens with two attached hydrogens (primary N) is 1. The van der Waals surface area contributed by atoms with Crippen molar-refractivity contribution in [1.29, 1.82) is 0 Å². The van der Waals surface area contributed by atoms with Gasteiger partial charge in [-0.05, 0) is 43.1 Å². The molecule has 3 N–H and O–H groups in total. The predicted octanol–water partition coefficient (Wildman–Crippen LogP) is 2.63. The number of aromatic nitrogens is 2. The standard InChI is InChI=1S/C16H22N4/c1-4-12-7-6-9-19-14(12)15(18-5-2)13-11(3)8-10-20-16(13)17/h6-10,15,18H,4-5H2,1-3H3,(H2,17,20). The van der Waals surface area contributed by atoms with Crippen LogP contribution in [0.2, 0.25) is 0 Å². The highest BCUT2D eigenvalue weighted by Gasteiger charge is 2.21. The second kappa shape index (κ2) is 6.48. The third-order valence-electron chi connectivity index (χ3n) is 3.52. The summed E-state index contributed by atoms with van der Waals surface area (Å²) in [5.74, 6) is 0.573. The molecule has 0 bridgehead atoms. The molecule has 0 saturated heterocycles. The van der Waals surface area contributed by atoms with Crippen LogP contribution in [0.5, 0.6) is 0 Å². The maximum atomic E-state index is 6.10. The molecule has 0 fully saturated rings. The van der Waals surface area contributed by atoms with Crippen LogP contribution in [0.4, 0.5) is 5.82 Å². The number of nitrogen functional groups attached to an aromatic ring is 1. The van der Waals surface area contributed by atoms with Crippen LogP contribution >= 0.6 is 0 Å². The summed E-state index contributed by atoms with van der Waals surface area (Å²) in [6.07, 6.45) is 4.53. The zero-order valence-electron chi connectivity index (χ0n) is 12.4. The topological polar surface area (TPSA) is 63.8 Å². The highest BCUT2D eigenvalue weighted by atomic mass is 15.0. The molecule has 0 spiro atoms. The summed E-state index contributed by atoms with van der Waals surface area (Å²) in [5.41, 5.74) is 10.5. The molecule has 4 heteroatoms. The summed E-state index contributed by atoms with van der Waals surface area (Å²) in [4.78, 5) is 8.82. The van der Waals surface area contributed by atoms with Crippen LogP contribution in [0.15, 0.2) is 30.6 Å². The number of hydrogen-bond donors (Lipinski definition) is 2. The molecule has 2 aromatic rings. The van der Waals surface area contributed by atoms with Crippen molar-refractivity contribution in [3.8, 4) is 0 Å². The van der Waals surface area contributed by atoms with E-state index in [0.29, 0.717) is 5.82 Å². The van der Waals surface area contributed by atoms with Crippen LogP contribution in [0.25, 0.3) is 0 Å². The van der Waals surface area contributed by atoms with Crippen molar-refractivity contribution >= 4 is 5.82 Å². The van der Waals surface area contributed by atoms with E-state index in [-0.39, 0.29) is 6.04 Å². The molecule has 20 heavy (non-hydrogen) atoms. The lowest BCUT2D eigenvalue weighted by Gasteiger charge is -2.23. The third-order valence-corrected chi connectivity index (χ3v) is 3.52. The number of nitrogens with one attached hydrogen (secondary N) is 1. The van der Waals surface area contributed by atoms with Gasteiger partial charge in [-0.15, -0.1) is 0 Å². The first kappa shape index (κ1) is 14.5. The SMILES string of the molecule is CCNC(c1ncccc1CC)c1c(C)ccnc1N. The molecule has 1 unspecified atom stereocenters. The van der Waals surface area contributed by atoms with Crippen LogP contribution in [0.3, 0.4) is 0 Å². The number of anilines is 1. The number of nitrogens with zero attached hydrogens (tertiary/aromatic N) is 2. The first-order valence-corrected chi connectivity index (χ1v) is 7.07. The fourth-order valence-electron chi connectivity index (χ4n) is 2.52. The van der Waals surface area contributed by atoms with Gasteiger partial charge < -0.3 is 11.1 Å². The van der Waals surface area contributed by atoms with Crippen molar-refractivity contribution in [2.45, 2.75) is 33.2 Å². The zero-order valence-corrected chi connectivity index (χ0v) is 12.4. The fraction of sp³-hybridized carbons (Fsp3) is 0.375. The molecule has 4 nitrogen and oxygen atoms in total. The summed E-state index contributed by atoms with van der Waals surface area (Å²) in [7, 11) is 0. The van der Waals surface area contributed by atoms with Gasteiger partial charge in [0.05, 0.1) is 11.7 Å². The van der Waals surface area contributed by atoms with Crippen molar-refractivity contribution in [2.24, 2.45) is 0 Å². The number of pyridine rings is 2. The van der Waals surface area contributed by atoms with Crippen LogP contribution in [0.1, 0.15) is 42.3 Å². The first-order chi connectivity index (χ1) is 9.69. The normalized spacial score (nSPS) is 12.3. The van der Waals surface area contributed by atoms with Crippen molar-refractivity contribution in [1.82, 2.24) is 15.3 Å². The van der Waals surface area contributed by atoms with E-state index >= 15 is 0 Å². The largest absolute Gasteiger partial charge is 0.383 e. The van der Waals surface area contributed by atoms with Gasteiger partial charge >= 0.3 is 0 Å². The second-order valence-electron chi connectivity index (χ2n) is 4.82. The predicted molar refractivity (Wildman–Crippen MR) is 82.5 cm³/mol. The van der Waals surface area contributed by atoms with Crippen LogP contribution in [-0.4, -0.2) is 16.5 Å². The molecule has 2 heterocycles. The van der Waals surface area contributed by atoms with Gasteiger partial charge in [-0.1, -0.05) is 19.9 Å². The second-order valence-corrected chi connectivity index (χ2v) is 4.82. The molecular weight excluding hydrogens is 248 g/mol. The van der Waals surface area contributed by atoms with Crippen LogP contribution in [0, 0.1) is 6.92 Å². The monoisotopic (exact) mass is 270 g/mol. The minimum absolute atomic E-state index is 0.00940. The maximum Gasteiger partial charge on any atom is 0.128 e. The van der Waals surface area contributed by atoms with Gasteiger partial charge in [0.25, 0.3) is 0 Å². The Hall–Kier alpha value is -1.94. The lowest BCUT2D eigenvalue weighted by Crippen LogP contribution is -2.26. The summed E-state index contributed by atoms with van der Waals surface area (Å²) in [6, 6.07) is 6.08. The Morgan fingerprint density at radius 3 is 2.65 bits per heavy atom. The van der Waals surface area contributed by atoms with E-state index in [9.17, 15) is 0 Å². The third kappa shape index (κ3) is 2.80. The van der Waals surface area contributed by atoms with Crippen LogP contribution < -0.4 is 11.1 Å².